The molecule has 2 aromatic rings. The number of hydrogen-bond acceptors (Lipinski definition) is 5. The van der Waals surface area contributed by atoms with E-state index in [9.17, 15) is 10.1 Å². The molecular formula is C20H15NO4. The van der Waals surface area contributed by atoms with Crippen LogP contribution in [0.2, 0.25) is 0 Å². The Bertz CT molecular complexity index is 876. The van der Waals surface area contributed by atoms with Crippen LogP contribution in [0.4, 0.5) is 0 Å². The summed E-state index contributed by atoms with van der Waals surface area (Å²) in [5.74, 6) is 1.42. The van der Waals surface area contributed by atoms with E-state index in [4.69, 9.17) is 14.2 Å². The lowest BCUT2D eigenvalue weighted by Crippen LogP contribution is -2.02. The molecule has 0 amide bonds. The second kappa shape index (κ2) is 7.37. The van der Waals surface area contributed by atoms with Gasteiger partial charge in [0, 0.05) is 5.56 Å². The maximum Gasteiger partial charge on any atom is 0.231 e. The number of carbonyl (C=O) groups excluding carboxylic acids is 1. The van der Waals surface area contributed by atoms with Crippen LogP contribution in [0.5, 0.6) is 17.2 Å². The first kappa shape index (κ1) is 16.3. The van der Waals surface area contributed by atoms with Crippen molar-refractivity contribution in [1.82, 2.24) is 0 Å². The van der Waals surface area contributed by atoms with Gasteiger partial charge in [-0.2, -0.15) is 5.26 Å². The second-order valence-electron chi connectivity index (χ2n) is 5.24. The first-order chi connectivity index (χ1) is 12.2. The molecule has 25 heavy (non-hydrogen) atoms. The van der Waals surface area contributed by atoms with Crippen LogP contribution in [-0.4, -0.2) is 19.2 Å². The maximum atomic E-state index is 12.6. The van der Waals surface area contributed by atoms with Gasteiger partial charge >= 0.3 is 0 Å². The maximum absolute atomic E-state index is 12.6. The third-order valence-electron chi connectivity index (χ3n) is 3.56. The van der Waals surface area contributed by atoms with E-state index in [0.717, 1.165) is 5.56 Å². The van der Waals surface area contributed by atoms with Crippen LogP contribution in [0, 0.1) is 11.3 Å². The Kier molecular flexibility index (Phi) is 4.82. The summed E-state index contributed by atoms with van der Waals surface area (Å²) in [5, 5.41) is 9.35. The molecule has 0 unspecified atom stereocenters. The number of fused-ring (bicyclic) bond motifs is 1. The zero-order valence-corrected chi connectivity index (χ0v) is 13.4. The van der Waals surface area contributed by atoms with Crippen molar-refractivity contribution in [3.05, 3.63) is 71.8 Å². The quantitative estimate of drug-likeness (QED) is 0.348. The largest absolute Gasteiger partial charge is 0.490 e. The molecule has 0 radical (unpaired) electrons. The molecule has 0 saturated heterocycles. The molecule has 0 bridgehead atoms. The van der Waals surface area contributed by atoms with Gasteiger partial charge in [-0.1, -0.05) is 24.8 Å². The lowest BCUT2D eigenvalue weighted by Gasteiger charge is -2.04. The van der Waals surface area contributed by atoms with Gasteiger partial charge in [0.25, 0.3) is 0 Å². The van der Waals surface area contributed by atoms with E-state index in [1.807, 2.05) is 6.07 Å². The molecule has 5 heteroatoms. The van der Waals surface area contributed by atoms with Crippen molar-refractivity contribution in [2.75, 3.05) is 13.4 Å². The fourth-order valence-electron chi connectivity index (χ4n) is 2.32. The summed E-state index contributed by atoms with van der Waals surface area (Å²) in [5.41, 5.74) is 1.15. The molecule has 0 aliphatic carbocycles. The topological polar surface area (TPSA) is 68.5 Å². The summed E-state index contributed by atoms with van der Waals surface area (Å²) in [6, 6.07) is 13.9. The molecule has 2 aromatic carbocycles. The Morgan fingerprint density at radius 2 is 1.96 bits per heavy atom. The highest BCUT2D eigenvalue weighted by molar-refractivity contribution is 6.14. The minimum absolute atomic E-state index is 0.0404. The number of benzene rings is 2. The predicted octanol–water partition coefficient (Wildman–Crippen LogP) is 3.77. The number of carbonyl (C=O) groups is 1. The first-order valence-corrected chi connectivity index (χ1v) is 7.61. The average molecular weight is 333 g/mol. The monoisotopic (exact) mass is 333 g/mol. The Morgan fingerprint density at radius 1 is 1.20 bits per heavy atom. The van der Waals surface area contributed by atoms with Crippen molar-refractivity contribution >= 4 is 11.9 Å². The molecule has 3 rings (SSSR count). The van der Waals surface area contributed by atoms with Gasteiger partial charge in [-0.05, 0) is 42.0 Å². The number of Topliss-reactive ketones (excluding diaryl/α,β-unsaturated/α-hetero) is 1. The van der Waals surface area contributed by atoms with E-state index in [1.165, 1.54) is 0 Å². The van der Waals surface area contributed by atoms with Gasteiger partial charge in [-0.3, -0.25) is 4.79 Å². The van der Waals surface area contributed by atoms with Crippen LogP contribution in [0.1, 0.15) is 15.9 Å². The van der Waals surface area contributed by atoms with E-state index >= 15 is 0 Å². The zero-order chi connectivity index (χ0) is 17.6. The van der Waals surface area contributed by atoms with Crippen molar-refractivity contribution in [1.29, 1.82) is 5.26 Å². The Labute approximate surface area is 145 Å². The lowest BCUT2D eigenvalue weighted by molar-refractivity contribution is 0.103. The van der Waals surface area contributed by atoms with E-state index in [1.54, 1.807) is 54.6 Å². The molecule has 124 valence electrons. The Hall–Kier alpha value is -3.52. The van der Waals surface area contributed by atoms with Crippen molar-refractivity contribution in [2.24, 2.45) is 0 Å². The molecule has 1 heterocycles. The SMILES string of the molecule is C=CCOc1ccc(/C=C(\C#N)C(=O)c2ccc3c(c2)OCO3)cc1. The summed E-state index contributed by atoms with van der Waals surface area (Å²) >= 11 is 0. The van der Waals surface area contributed by atoms with Gasteiger partial charge in [0.15, 0.2) is 11.5 Å². The fraction of sp³-hybridized carbons (Fsp3) is 0.100. The number of hydrogen-bond donors (Lipinski definition) is 0. The molecule has 1 aliphatic rings. The zero-order valence-electron chi connectivity index (χ0n) is 13.4. The van der Waals surface area contributed by atoms with Gasteiger partial charge in [0.2, 0.25) is 12.6 Å². The second-order valence-corrected chi connectivity index (χ2v) is 5.24. The third kappa shape index (κ3) is 3.70. The smallest absolute Gasteiger partial charge is 0.231 e. The Balaban J connectivity index is 1.81. The van der Waals surface area contributed by atoms with Crippen molar-refractivity contribution in [3.63, 3.8) is 0 Å². The van der Waals surface area contributed by atoms with Crippen LogP contribution in [0.25, 0.3) is 6.08 Å². The summed E-state index contributed by atoms with van der Waals surface area (Å²) in [4.78, 5) is 12.6. The van der Waals surface area contributed by atoms with Gasteiger partial charge in [-0.25, -0.2) is 0 Å². The molecule has 0 aromatic heterocycles. The summed E-state index contributed by atoms with van der Waals surface area (Å²) in [6.45, 7) is 4.14. The standard InChI is InChI=1S/C20H15NO4/c1-2-9-23-17-6-3-14(4-7-17)10-16(12-21)20(22)15-5-8-18-19(11-15)25-13-24-18/h2-8,10-11H,1,9,13H2/b16-10+. The summed E-state index contributed by atoms with van der Waals surface area (Å²) in [7, 11) is 0. The summed E-state index contributed by atoms with van der Waals surface area (Å²) < 4.78 is 15.9. The van der Waals surface area contributed by atoms with Crippen LogP contribution < -0.4 is 14.2 Å². The number of ketones is 1. The van der Waals surface area contributed by atoms with Gasteiger partial charge in [0.1, 0.15) is 24.0 Å². The number of ether oxygens (including phenoxy) is 3. The van der Waals surface area contributed by atoms with Crippen molar-refractivity contribution < 1.29 is 19.0 Å². The molecule has 1 aliphatic heterocycles. The molecule has 5 nitrogen and oxygen atoms in total. The van der Waals surface area contributed by atoms with Crippen molar-refractivity contribution in [3.8, 4) is 23.3 Å². The first-order valence-electron chi connectivity index (χ1n) is 7.61. The highest BCUT2D eigenvalue weighted by atomic mass is 16.7. The number of nitriles is 1. The van der Waals surface area contributed by atoms with E-state index in [2.05, 4.69) is 6.58 Å². The lowest BCUT2D eigenvalue weighted by atomic mass is 10.0. The average Bonchev–Trinajstić information content (AvgIpc) is 3.12. The number of rotatable bonds is 6. The molecule has 0 atom stereocenters. The van der Waals surface area contributed by atoms with Gasteiger partial charge in [-0.15, -0.1) is 0 Å². The number of allylic oxidation sites excluding steroid dienone is 1. The van der Waals surface area contributed by atoms with Crippen molar-refractivity contribution in [2.45, 2.75) is 0 Å². The normalized spacial score (nSPS) is 12.4. The van der Waals surface area contributed by atoms with E-state index < -0.39 is 0 Å². The predicted molar refractivity (Wildman–Crippen MR) is 92.6 cm³/mol. The minimum Gasteiger partial charge on any atom is -0.490 e. The van der Waals surface area contributed by atoms with Crippen LogP contribution >= 0.6 is 0 Å². The molecule has 0 saturated carbocycles. The van der Waals surface area contributed by atoms with Crippen LogP contribution in [0.3, 0.4) is 0 Å². The Morgan fingerprint density at radius 3 is 2.68 bits per heavy atom. The molecule has 0 spiro atoms. The van der Waals surface area contributed by atoms with Gasteiger partial charge < -0.3 is 14.2 Å². The van der Waals surface area contributed by atoms with Crippen LogP contribution in [0.15, 0.2) is 60.7 Å². The fourth-order valence-corrected chi connectivity index (χ4v) is 2.32. The third-order valence-corrected chi connectivity index (χ3v) is 3.56. The number of nitrogens with zero attached hydrogens (tertiary/aromatic N) is 1. The highest BCUT2D eigenvalue weighted by Gasteiger charge is 2.18. The molecule has 0 fully saturated rings. The van der Waals surface area contributed by atoms with E-state index in [-0.39, 0.29) is 18.1 Å². The minimum atomic E-state index is -0.368. The molecule has 0 N–H and O–H groups in total. The van der Waals surface area contributed by atoms with Crippen LogP contribution in [-0.2, 0) is 0 Å². The highest BCUT2D eigenvalue weighted by Crippen LogP contribution is 2.33. The van der Waals surface area contributed by atoms with Gasteiger partial charge in [0.05, 0.1) is 0 Å². The van der Waals surface area contributed by atoms with E-state index in [0.29, 0.717) is 29.4 Å². The summed E-state index contributed by atoms with van der Waals surface area (Å²) in [6.07, 6.45) is 3.20. The molecular weight excluding hydrogens is 318 g/mol.